The SMILES string of the molecule is CC(C)(C)c1nnnn1CC(O)c1ccccc1. The molecule has 1 N–H and O–H groups in total. The summed E-state index contributed by atoms with van der Waals surface area (Å²) in [7, 11) is 0. The third kappa shape index (κ3) is 2.73. The summed E-state index contributed by atoms with van der Waals surface area (Å²) in [5, 5.41) is 21.8. The number of rotatable bonds is 3. The van der Waals surface area contributed by atoms with E-state index in [-0.39, 0.29) is 5.41 Å². The molecule has 0 aliphatic carbocycles. The predicted molar refractivity (Wildman–Crippen MR) is 67.9 cm³/mol. The van der Waals surface area contributed by atoms with E-state index in [4.69, 9.17) is 0 Å². The fourth-order valence-electron chi connectivity index (χ4n) is 1.81. The Morgan fingerprint density at radius 3 is 2.50 bits per heavy atom. The van der Waals surface area contributed by atoms with Gasteiger partial charge >= 0.3 is 0 Å². The second-order valence-electron chi connectivity index (χ2n) is 5.36. The minimum absolute atomic E-state index is 0.139. The van der Waals surface area contributed by atoms with Crippen LogP contribution >= 0.6 is 0 Å². The van der Waals surface area contributed by atoms with Crippen molar-refractivity contribution in [3.8, 4) is 0 Å². The Labute approximate surface area is 106 Å². The predicted octanol–water partition coefficient (Wildman–Crippen LogP) is 1.70. The molecule has 0 bridgehead atoms. The lowest BCUT2D eigenvalue weighted by Gasteiger charge is -2.18. The average Bonchev–Trinajstić information content (AvgIpc) is 2.78. The molecule has 5 heteroatoms. The van der Waals surface area contributed by atoms with Gasteiger partial charge in [0.2, 0.25) is 0 Å². The standard InChI is InChI=1S/C13H18N4O/c1-13(2,3)12-14-15-16-17(12)9-11(18)10-7-5-4-6-8-10/h4-8,11,18H,9H2,1-3H3. The van der Waals surface area contributed by atoms with E-state index in [2.05, 4.69) is 15.5 Å². The quantitative estimate of drug-likeness (QED) is 0.895. The maximum Gasteiger partial charge on any atom is 0.156 e. The lowest BCUT2D eigenvalue weighted by Crippen LogP contribution is -2.22. The Hall–Kier alpha value is -1.75. The van der Waals surface area contributed by atoms with Crippen LogP contribution in [0.25, 0.3) is 0 Å². The smallest absolute Gasteiger partial charge is 0.156 e. The van der Waals surface area contributed by atoms with E-state index >= 15 is 0 Å². The van der Waals surface area contributed by atoms with E-state index in [1.807, 2.05) is 51.1 Å². The van der Waals surface area contributed by atoms with Crippen LogP contribution in [0.1, 0.15) is 38.3 Å². The van der Waals surface area contributed by atoms with Crippen molar-refractivity contribution in [3.63, 3.8) is 0 Å². The van der Waals surface area contributed by atoms with Gasteiger partial charge in [0.05, 0.1) is 12.6 Å². The van der Waals surface area contributed by atoms with Gasteiger partial charge in [-0.15, -0.1) is 5.10 Å². The second-order valence-corrected chi connectivity index (χ2v) is 5.36. The van der Waals surface area contributed by atoms with Crippen LogP contribution in [0.2, 0.25) is 0 Å². The fraction of sp³-hybridized carbons (Fsp3) is 0.462. The van der Waals surface area contributed by atoms with Crippen molar-refractivity contribution in [3.05, 3.63) is 41.7 Å². The number of tetrazole rings is 1. The summed E-state index contributed by atoms with van der Waals surface area (Å²) < 4.78 is 1.66. The zero-order chi connectivity index (χ0) is 13.2. The highest BCUT2D eigenvalue weighted by Crippen LogP contribution is 2.21. The van der Waals surface area contributed by atoms with E-state index in [1.165, 1.54) is 0 Å². The van der Waals surface area contributed by atoms with E-state index in [0.29, 0.717) is 6.54 Å². The molecule has 1 heterocycles. The van der Waals surface area contributed by atoms with Crippen LogP contribution in [-0.4, -0.2) is 25.3 Å². The normalized spacial score (nSPS) is 13.6. The molecule has 0 fully saturated rings. The molecule has 5 nitrogen and oxygen atoms in total. The highest BCUT2D eigenvalue weighted by atomic mass is 16.3. The monoisotopic (exact) mass is 246 g/mol. The molecule has 1 aromatic carbocycles. The minimum atomic E-state index is -0.601. The van der Waals surface area contributed by atoms with Crippen LogP contribution in [0.5, 0.6) is 0 Å². The molecule has 0 aliphatic rings. The van der Waals surface area contributed by atoms with Crippen LogP contribution in [0.3, 0.4) is 0 Å². The molecule has 1 atom stereocenters. The number of aliphatic hydroxyl groups is 1. The van der Waals surface area contributed by atoms with Crippen molar-refractivity contribution in [1.82, 2.24) is 20.2 Å². The van der Waals surface area contributed by atoms with Gasteiger partial charge in [-0.3, -0.25) is 0 Å². The largest absolute Gasteiger partial charge is 0.386 e. The molecule has 96 valence electrons. The first-order valence-electron chi connectivity index (χ1n) is 5.98. The third-order valence-electron chi connectivity index (χ3n) is 2.73. The molecule has 0 saturated carbocycles. The fourth-order valence-corrected chi connectivity index (χ4v) is 1.81. The Kier molecular flexibility index (Phi) is 3.43. The van der Waals surface area contributed by atoms with Crippen LogP contribution in [-0.2, 0) is 12.0 Å². The number of aromatic nitrogens is 4. The van der Waals surface area contributed by atoms with Gasteiger partial charge in [-0.25, -0.2) is 4.68 Å². The number of benzene rings is 1. The van der Waals surface area contributed by atoms with Crippen molar-refractivity contribution < 1.29 is 5.11 Å². The van der Waals surface area contributed by atoms with E-state index < -0.39 is 6.10 Å². The Bertz CT molecular complexity index is 501. The molecular weight excluding hydrogens is 228 g/mol. The topological polar surface area (TPSA) is 63.8 Å². The highest BCUT2D eigenvalue weighted by molar-refractivity contribution is 5.17. The Morgan fingerprint density at radius 2 is 1.89 bits per heavy atom. The zero-order valence-corrected chi connectivity index (χ0v) is 10.9. The van der Waals surface area contributed by atoms with Gasteiger partial charge in [-0.05, 0) is 16.0 Å². The lowest BCUT2D eigenvalue weighted by atomic mass is 9.95. The maximum absolute atomic E-state index is 10.2. The first-order chi connectivity index (χ1) is 8.48. The summed E-state index contributed by atoms with van der Waals surface area (Å²) in [6, 6.07) is 9.52. The lowest BCUT2D eigenvalue weighted by molar-refractivity contribution is 0.147. The van der Waals surface area contributed by atoms with Crippen LogP contribution in [0, 0.1) is 0 Å². The van der Waals surface area contributed by atoms with Gasteiger partial charge in [0, 0.05) is 5.41 Å². The molecule has 0 saturated heterocycles. The van der Waals surface area contributed by atoms with Crippen molar-refractivity contribution in [2.75, 3.05) is 0 Å². The van der Waals surface area contributed by atoms with E-state index in [1.54, 1.807) is 4.68 Å². The summed E-state index contributed by atoms with van der Waals surface area (Å²) >= 11 is 0. The van der Waals surface area contributed by atoms with Crippen molar-refractivity contribution >= 4 is 0 Å². The van der Waals surface area contributed by atoms with Gasteiger partial charge in [0.15, 0.2) is 5.82 Å². The van der Waals surface area contributed by atoms with Gasteiger partial charge in [0.25, 0.3) is 0 Å². The van der Waals surface area contributed by atoms with Gasteiger partial charge < -0.3 is 5.11 Å². The summed E-state index contributed by atoms with van der Waals surface area (Å²) in [4.78, 5) is 0. The Balaban J connectivity index is 2.18. The molecule has 2 rings (SSSR count). The van der Waals surface area contributed by atoms with Crippen molar-refractivity contribution in [1.29, 1.82) is 0 Å². The highest BCUT2D eigenvalue weighted by Gasteiger charge is 2.23. The summed E-state index contributed by atoms with van der Waals surface area (Å²) in [5.41, 5.74) is 0.729. The molecule has 0 spiro atoms. The second kappa shape index (κ2) is 4.86. The maximum atomic E-state index is 10.2. The third-order valence-corrected chi connectivity index (χ3v) is 2.73. The van der Waals surface area contributed by atoms with Crippen molar-refractivity contribution in [2.45, 2.75) is 38.8 Å². The Morgan fingerprint density at radius 1 is 1.22 bits per heavy atom. The molecular formula is C13H18N4O. The summed E-state index contributed by atoms with van der Waals surface area (Å²) in [6.45, 7) is 6.50. The molecule has 1 unspecified atom stereocenters. The molecule has 0 radical (unpaired) electrons. The first kappa shape index (κ1) is 12.7. The minimum Gasteiger partial charge on any atom is -0.386 e. The van der Waals surface area contributed by atoms with Crippen LogP contribution < -0.4 is 0 Å². The molecule has 0 amide bonds. The van der Waals surface area contributed by atoms with Gasteiger partial charge in [-0.1, -0.05) is 51.1 Å². The number of hydrogen-bond donors (Lipinski definition) is 1. The first-order valence-corrected chi connectivity index (χ1v) is 5.98. The number of hydrogen-bond acceptors (Lipinski definition) is 4. The molecule has 0 aliphatic heterocycles. The molecule has 2 aromatic rings. The average molecular weight is 246 g/mol. The summed E-state index contributed by atoms with van der Waals surface area (Å²) in [6.07, 6.45) is -0.601. The summed E-state index contributed by atoms with van der Waals surface area (Å²) in [5.74, 6) is 0.775. The zero-order valence-electron chi connectivity index (χ0n) is 10.9. The van der Waals surface area contributed by atoms with Gasteiger partial charge in [0.1, 0.15) is 0 Å². The number of nitrogens with zero attached hydrogens (tertiary/aromatic N) is 4. The molecule has 1 aromatic heterocycles. The molecule has 18 heavy (non-hydrogen) atoms. The van der Waals surface area contributed by atoms with E-state index in [9.17, 15) is 5.11 Å². The number of aliphatic hydroxyl groups excluding tert-OH is 1. The van der Waals surface area contributed by atoms with Crippen LogP contribution in [0.4, 0.5) is 0 Å². The van der Waals surface area contributed by atoms with Crippen LogP contribution in [0.15, 0.2) is 30.3 Å². The van der Waals surface area contributed by atoms with Gasteiger partial charge in [-0.2, -0.15) is 0 Å². The van der Waals surface area contributed by atoms with Crippen molar-refractivity contribution in [2.24, 2.45) is 0 Å². The van der Waals surface area contributed by atoms with E-state index in [0.717, 1.165) is 11.4 Å².